The molecular formula is C15H15NO. The minimum atomic E-state index is 0.140. The molecular weight excluding hydrogens is 210 g/mol. The van der Waals surface area contributed by atoms with Crippen LogP contribution in [0.5, 0.6) is 0 Å². The van der Waals surface area contributed by atoms with E-state index in [1.165, 1.54) is 5.56 Å². The maximum absolute atomic E-state index is 12.0. The van der Waals surface area contributed by atoms with Gasteiger partial charge in [0.25, 0.3) is 0 Å². The highest BCUT2D eigenvalue weighted by Crippen LogP contribution is 2.09. The third kappa shape index (κ3) is 3.00. The average Bonchev–Trinajstić information content (AvgIpc) is 2.29. The van der Waals surface area contributed by atoms with E-state index in [9.17, 15) is 4.79 Å². The number of pyridine rings is 1. The number of benzene rings is 1. The van der Waals surface area contributed by atoms with Crippen molar-refractivity contribution in [1.82, 2.24) is 4.98 Å². The van der Waals surface area contributed by atoms with Crippen LogP contribution < -0.4 is 0 Å². The Morgan fingerprint density at radius 2 is 2.00 bits per heavy atom. The molecule has 0 aliphatic rings. The first-order chi connectivity index (χ1) is 8.15. The summed E-state index contributed by atoms with van der Waals surface area (Å²) in [5.74, 6) is 0.140. The van der Waals surface area contributed by atoms with E-state index in [2.05, 4.69) is 4.98 Å². The summed E-state index contributed by atoms with van der Waals surface area (Å²) in [6, 6.07) is 11.6. The Labute approximate surface area is 101 Å². The Hall–Kier alpha value is -1.96. The molecule has 1 aromatic heterocycles. The third-order valence-corrected chi connectivity index (χ3v) is 2.67. The fraction of sp³-hybridized carbons (Fsp3) is 0.200. The van der Waals surface area contributed by atoms with E-state index in [4.69, 9.17) is 0 Å². The number of aromatic nitrogens is 1. The van der Waals surface area contributed by atoms with Gasteiger partial charge in [-0.05, 0) is 31.5 Å². The molecule has 0 saturated carbocycles. The van der Waals surface area contributed by atoms with Crippen LogP contribution in [0, 0.1) is 13.8 Å². The first-order valence-corrected chi connectivity index (χ1v) is 5.66. The van der Waals surface area contributed by atoms with E-state index in [0.29, 0.717) is 6.42 Å². The maximum atomic E-state index is 12.0. The number of carbonyl (C=O) groups excluding carboxylic acids is 1. The van der Waals surface area contributed by atoms with Crippen LogP contribution in [-0.4, -0.2) is 10.8 Å². The van der Waals surface area contributed by atoms with Gasteiger partial charge in [-0.2, -0.15) is 0 Å². The summed E-state index contributed by atoms with van der Waals surface area (Å²) in [6.07, 6.45) is 2.13. The minimum absolute atomic E-state index is 0.140. The second-order valence-corrected chi connectivity index (χ2v) is 4.27. The van der Waals surface area contributed by atoms with E-state index in [1.807, 2.05) is 44.2 Å². The highest BCUT2D eigenvalue weighted by molar-refractivity contribution is 5.97. The molecule has 2 aromatic rings. The number of ketones is 1. The Morgan fingerprint density at radius 3 is 2.71 bits per heavy atom. The van der Waals surface area contributed by atoms with Gasteiger partial charge in [0, 0.05) is 23.9 Å². The molecule has 0 spiro atoms. The molecule has 0 N–H and O–H groups in total. The Kier molecular flexibility index (Phi) is 3.33. The second-order valence-electron chi connectivity index (χ2n) is 4.27. The Balaban J connectivity index is 2.17. The van der Waals surface area contributed by atoms with Crippen molar-refractivity contribution in [3.63, 3.8) is 0 Å². The number of aryl methyl sites for hydroxylation is 2. The van der Waals surface area contributed by atoms with Crippen LogP contribution >= 0.6 is 0 Å². The van der Waals surface area contributed by atoms with E-state index < -0.39 is 0 Å². The number of Topliss-reactive ketones (excluding diaryl/α,β-unsaturated/α-hetero) is 1. The smallest absolute Gasteiger partial charge is 0.167 e. The first-order valence-electron chi connectivity index (χ1n) is 5.66. The van der Waals surface area contributed by atoms with Crippen molar-refractivity contribution >= 4 is 5.78 Å². The van der Waals surface area contributed by atoms with Gasteiger partial charge in [0.15, 0.2) is 5.78 Å². The number of hydrogen-bond donors (Lipinski definition) is 0. The van der Waals surface area contributed by atoms with Gasteiger partial charge in [0.2, 0.25) is 0 Å². The highest BCUT2D eigenvalue weighted by atomic mass is 16.1. The van der Waals surface area contributed by atoms with Crippen molar-refractivity contribution in [2.24, 2.45) is 0 Å². The summed E-state index contributed by atoms with van der Waals surface area (Å²) in [5, 5.41) is 0. The van der Waals surface area contributed by atoms with Gasteiger partial charge < -0.3 is 0 Å². The van der Waals surface area contributed by atoms with Crippen LogP contribution in [0.25, 0.3) is 0 Å². The normalized spacial score (nSPS) is 10.2. The SMILES string of the molecule is Cc1cccc(CC(=O)c2ccnc(C)c2)c1. The number of hydrogen-bond acceptors (Lipinski definition) is 2. The minimum Gasteiger partial charge on any atom is -0.294 e. The van der Waals surface area contributed by atoms with Crippen molar-refractivity contribution in [3.05, 3.63) is 65.0 Å². The van der Waals surface area contributed by atoms with Crippen LogP contribution in [0.2, 0.25) is 0 Å². The Morgan fingerprint density at radius 1 is 1.18 bits per heavy atom. The molecule has 0 unspecified atom stereocenters. The van der Waals surface area contributed by atoms with E-state index in [0.717, 1.165) is 16.8 Å². The van der Waals surface area contributed by atoms with Gasteiger partial charge in [0.05, 0.1) is 0 Å². The van der Waals surface area contributed by atoms with Gasteiger partial charge in [-0.1, -0.05) is 29.8 Å². The summed E-state index contributed by atoms with van der Waals surface area (Å²) in [5.41, 5.74) is 3.85. The number of nitrogens with zero attached hydrogens (tertiary/aromatic N) is 1. The van der Waals surface area contributed by atoms with Gasteiger partial charge >= 0.3 is 0 Å². The number of rotatable bonds is 3. The van der Waals surface area contributed by atoms with Crippen LogP contribution in [0.15, 0.2) is 42.6 Å². The fourth-order valence-electron chi connectivity index (χ4n) is 1.83. The lowest BCUT2D eigenvalue weighted by atomic mass is 10.0. The molecule has 0 amide bonds. The molecule has 17 heavy (non-hydrogen) atoms. The molecule has 2 rings (SSSR count). The largest absolute Gasteiger partial charge is 0.294 e. The number of carbonyl (C=O) groups is 1. The molecule has 0 radical (unpaired) electrons. The predicted molar refractivity (Wildman–Crippen MR) is 68.2 cm³/mol. The Bertz CT molecular complexity index is 546. The van der Waals surface area contributed by atoms with Crippen LogP contribution in [0.1, 0.15) is 27.2 Å². The molecule has 2 heteroatoms. The van der Waals surface area contributed by atoms with Gasteiger partial charge in [-0.3, -0.25) is 9.78 Å². The van der Waals surface area contributed by atoms with Gasteiger partial charge in [0.1, 0.15) is 0 Å². The van der Waals surface area contributed by atoms with Gasteiger partial charge in [-0.25, -0.2) is 0 Å². The molecule has 1 aromatic carbocycles. The first kappa shape index (κ1) is 11.5. The lowest BCUT2D eigenvalue weighted by molar-refractivity contribution is 0.0993. The summed E-state index contributed by atoms with van der Waals surface area (Å²) in [4.78, 5) is 16.1. The van der Waals surface area contributed by atoms with Gasteiger partial charge in [-0.15, -0.1) is 0 Å². The summed E-state index contributed by atoms with van der Waals surface area (Å²) in [7, 11) is 0. The van der Waals surface area contributed by atoms with Crippen LogP contribution in [0.3, 0.4) is 0 Å². The molecule has 0 aliphatic heterocycles. The van der Waals surface area contributed by atoms with Crippen molar-refractivity contribution < 1.29 is 4.79 Å². The summed E-state index contributed by atoms with van der Waals surface area (Å²) >= 11 is 0. The zero-order chi connectivity index (χ0) is 12.3. The molecule has 0 saturated heterocycles. The predicted octanol–water partition coefficient (Wildman–Crippen LogP) is 3.12. The fourth-order valence-corrected chi connectivity index (χ4v) is 1.83. The zero-order valence-corrected chi connectivity index (χ0v) is 10.1. The quantitative estimate of drug-likeness (QED) is 0.751. The lowest BCUT2D eigenvalue weighted by Crippen LogP contribution is -2.04. The topological polar surface area (TPSA) is 30.0 Å². The van der Waals surface area contributed by atoms with E-state index in [-0.39, 0.29) is 5.78 Å². The summed E-state index contributed by atoms with van der Waals surface area (Å²) in [6.45, 7) is 3.92. The highest BCUT2D eigenvalue weighted by Gasteiger charge is 2.07. The maximum Gasteiger partial charge on any atom is 0.167 e. The molecule has 0 atom stereocenters. The van der Waals surface area contributed by atoms with Crippen molar-refractivity contribution in [3.8, 4) is 0 Å². The van der Waals surface area contributed by atoms with E-state index >= 15 is 0 Å². The standard InChI is InChI=1S/C15H15NO/c1-11-4-3-5-13(8-11)10-15(17)14-6-7-16-12(2)9-14/h3-9H,10H2,1-2H3. The molecule has 0 aliphatic carbocycles. The summed E-state index contributed by atoms with van der Waals surface area (Å²) < 4.78 is 0. The zero-order valence-electron chi connectivity index (χ0n) is 10.1. The monoisotopic (exact) mass is 225 g/mol. The molecule has 0 bridgehead atoms. The molecule has 2 nitrogen and oxygen atoms in total. The second kappa shape index (κ2) is 4.91. The van der Waals surface area contributed by atoms with E-state index in [1.54, 1.807) is 12.3 Å². The van der Waals surface area contributed by atoms with Crippen LogP contribution in [-0.2, 0) is 6.42 Å². The molecule has 1 heterocycles. The van der Waals surface area contributed by atoms with Crippen LogP contribution in [0.4, 0.5) is 0 Å². The van der Waals surface area contributed by atoms with Crippen molar-refractivity contribution in [2.45, 2.75) is 20.3 Å². The third-order valence-electron chi connectivity index (χ3n) is 2.67. The lowest BCUT2D eigenvalue weighted by Gasteiger charge is -2.03. The van der Waals surface area contributed by atoms with Crippen molar-refractivity contribution in [2.75, 3.05) is 0 Å². The molecule has 86 valence electrons. The van der Waals surface area contributed by atoms with Crippen molar-refractivity contribution in [1.29, 1.82) is 0 Å². The average molecular weight is 225 g/mol. The molecule has 0 fully saturated rings.